The molecule has 2 N–H and O–H groups in total. The number of nitrogens with zero attached hydrogens (tertiary/aromatic N) is 2. The third kappa shape index (κ3) is 3.73. The molecule has 1 heterocycles. The Morgan fingerprint density at radius 2 is 2.05 bits per heavy atom. The molecule has 110 valence electrons. The van der Waals surface area contributed by atoms with E-state index in [0.29, 0.717) is 10.8 Å². The van der Waals surface area contributed by atoms with Gasteiger partial charge in [-0.2, -0.15) is 5.10 Å². The Labute approximate surface area is 125 Å². The maximum Gasteiger partial charge on any atom is 0.356 e. The summed E-state index contributed by atoms with van der Waals surface area (Å²) in [6, 6.07) is 6.53. The van der Waals surface area contributed by atoms with Crippen LogP contribution in [0.4, 0.5) is 5.69 Å². The van der Waals surface area contributed by atoms with E-state index in [1.54, 1.807) is 24.3 Å². The zero-order valence-corrected chi connectivity index (χ0v) is 11.8. The molecule has 2 aromatic rings. The van der Waals surface area contributed by atoms with E-state index in [9.17, 15) is 9.59 Å². The van der Waals surface area contributed by atoms with E-state index in [1.807, 2.05) is 0 Å². The van der Waals surface area contributed by atoms with Gasteiger partial charge in [-0.15, -0.1) is 0 Å². The van der Waals surface area contributed by atoms with Crippen LogP contribution in [0.1, 0.15) is 10.5 Å². The summed E-state index contributed by atoms with van der Waals surface area (Å²) < 4.78 is 6.42. The second kappa shape index (κ2) is 6.27. The number of rotatable bonds is 5. The van der Waals surface area contributed by atoms with Crippen LogP contribution in [0.3, 0.4) is 0 Å². The summed E-state index contributed by atoms with van der Waals surface area (Å²) in [6.07, 6.45) is 1.27. The Hall–Kier alpha value is -2.54. The SMILES string of the molecule is Cn1ncc(NC(=O)COc2ccc(Cl)cc2)c1C(=O)O. The molecule has 7 nitrogen and oxygen atoms in total. The van der Waals surface area contributed by atoms with E-state index in [0.717, 1.165) is 4.68 Å². The van der Waals surface area contributed by atoms with E-state index in [2.05, 4.69) is 10.4 Å². The number of hydrogen-bond acceptors (Lipinski definition) is 4. The number of halogens is 1. The van der Waals surface area contributed by atoms with Crippen molar-refractivity contribution in [2.75, 3.05) is 11.9 Å². The zero-order valence-electron chi connectivity index (χ0n) is 11.0. The normalized spacial score (nSPS) is 10.2. The molecule has 1 amide bonds. The van der Waals surface area contributed by atoms with Crippen molar-refractivity contribution < 1.29 is 19.4 Å². The Morgan fingerprint density at radius 3 is 2.67 bits per heavy atom. The molecule has 0 spiro atoms. The molecule has 8 heteroatoms. The number of carbonyl (C=O) groups excluding carboxylic acids is 1. The molecular weight excluding hydrogens is 298 g/mol. The fourth-order valence-electron chi connectivity index (χ4n) is 1.65. The molecule has 0 aliphatic rings. The monoisotopic (exact) mass is 309 g/mol. The number of aromatic nitrogens is 2. The summed E-state index contributed by atoms with van der Waals surface area (Å²) >= 11 is 5.73. The number of carbonyl (C=O) groups is 2. The number of amides is 1. The average molecular weight is 310 g/mol. The molecule has 0 atom stereocenters. The van der Waals surface area contributed by atoms with E-state index in [-0.39, 0.29) is 18.0 Å². The number of benzene rings is 1. The first kappa shape index (κ1) is 14.9. The fraction of sp³-hybridized carbons (Fsp3) is 0.154. The summed E-state index contributed by atoms with van der Waals surface area (Å²) in [5.41, 5.74) is 0.0181. The zero-order chi connectivity index (χ0) is 15.4. The number of aromatic carboxylic acids is 1. The van der Waals surface area contributed by atoms with Crippen molar-refractivity contribution in [1.82, 2.24) is 9.78 Å². The van der Waals surface area contributed by atoms with Crippen LogP contribution in [-0.4, -0.2) is 33.4 Å². The number of ether oxygens (including phenoxy) is 1. The molecule has 1 aromatic carbocycles. The quantitative estimate of drug-likeness (QED) is 0.878. The third-order valence-corrected chi connectivity index (χ3v) is 2.85. The molecule has 0 bridgehead atoms. The summed E-state index contributed by atoms with van der Waals surface area (Å²) in [4.78, 5) is 22.8. The first-order valence-corrected chi connectivity index (χ1v) is 6.28. The number of nitrogens with one attached hydrogen (secondary N) is 1. The maximum atomic E-state index is 11.7. The predicted molar refractivity (Wildman–Crippen MR) is 75.7 cm³/mol. The Morgan fingerprint density at radius 1 is 1.38 bits per heavy atom. The number of aryl methyl sites for hydroxylation is 1. The second-order valence-electron chi connectivity index (χ2n) is 4.13. The highest BCUT2D eigenvalue weighted by Gasteiger charge is 2.17. The van der Waals surface area contributed by atoms with Gasteiger partial charge in [-0.3, -0.25) is 9.48 Å². The Balaban J connectivity index is 1.96. The fourth-order valence-corrected chi connectivity index (χ4v) is 1.77. The van der Waals surface area contributed by atoms with Crippen LogP contribution in [0.25, 0.3) is 0 Å². The average Bonchev–Trinajstić information content (AvgIpc) is 2.79. The lowest BCUT2D eigenvalue weighted by atomic mass is 10.3. The first-order chi connectivity index (χ1) is 9.97. The number of carboxylic acids is 1. The molecular formula is C13H12ClN3O4. The number of carboxylic acid groups (broad SMARTS) is 1. The topological polar surface area (TPSA) is 93.5 Å². The summed E-state index contributed by atoms with van der Waals surface area (Å²) in [5.74, 6) is -1.18. The van der Waals surface area contributed by atoms with Crippen LogP contribution in [0.15, 0.2) is 30.5 Å². The molecule has 0 fully saturated rings. The van der Waals surface area contributed by atoms with Gasteiger partial charge < -0.3 is 15.2 Å². The van der Waals surface area contributed by atoms with Crippen LogP contribution >= 0.6 is 11.6 Å². The van der Waals surface area contributed by atoms with Gasteiger partial charge in [0.05, 0.1) is 11.9 Å². The molecule has 21 heavy (non-hydrogen) atoms. The van der Waals surface area contributed by atoms with Gasteiger partial charge in [-0.05, 0) is 24.3 Å². The lowest BCUT2D eigenvalue weighted by molar-refractivity contribution is -0.118. The lowest BCUT2D eigenvalue weighted by Crippen LogP contribution is -2.21. The third-order valence-electron chi connectivity index (χ3n) is 2.60. The molecule has 2 rings (SSSR count). The van der Waals surface area contributed by atoms with Crippen LogP contribution in [0.2, 0.25) is 5.02 Å². The van der Waals surface area contributed by atoms with E-state index >= 15 is 0 Å². The first-order valence-electron chi connectivity index (χ1n) is 5.91. The number of anilines is 1. The van der Waals surface area contributed by atoms with Gasteiger partial charge >= 0.3 is 5.97 Å². The highest BCUT2D eigenvalue weighted by molar-refractivity contribution is 6.30. The van der Waals surface area contributed by atoms with Gasteiger partial charge in [0.2, 0.25) is 0 Å². The second-order valence-corrected chi connectivity index (χ2v) is 4.56. The van der Waals surface area contributed by atoms with Crippen LogP contribution in [0, 0.1) is 0 Å². The number of hydrogen-bond donors (Lipinski definition) is 2. The van der Waals surface area contributed by atoms with Gasteiger partial charge in [-0.1, -0.05) is 11.6 Å². The maximum absolute atomic E-state index is 11.7. The van der Waals surface area contributed by atoms with E-state index in [1.165, 1.54) is 13.2 Å². The molecule has 0 radical (unpaired) electrons. The van der Waals surface area contributed by atoms with Gasteiger partial charge in [0.15, 0.2) is 12.3 Å². The molecule has 0 saturated carbocycles. The molecule has 0 aliphatic heterocycles. The minimum atomic E-state index is -1.18. The largest absolute Gasteiger partial charge is 0.484 e. The standard InChI is InChI=1S/C13H12ClN3O4/c1-17-12(13(19)20)10(6-15-17)16-11(18)7-21-9-4-2-8(14)3-5-9/h2-6H,7H2,1H3,(H,16,18)(H,19,20). The van der Waals surface area contributed by atoms with Crippen molar-refractivity contribution in [3.63, 3.8) is 0 Å². The van der Waals surface area contributed by atoms with Gasteiger partial charge in [0, 0.05) is 12.1 Å². The van der Waals surface area contributed by atoms with Crippen molar-refractivity contribution in [3.8, 4) is 5.75 Å². The minimum absolute atomic E-state index is 0.102. The predicted octanol–water partition coefficient (Wildman–Crippen LogP) is 1.79. The van der Waals surface area contributed by atoms with Gasteiger partial charge in [0.25, 0.3) is 5.91 Å². The molecule has 1 aromatic heterocycles. The Kier molecular flexibility index (Phi) is 4.44. The van der Waals surface area contributed by atoms with E-state index < -0.39 is 11.9 Å². The van der Waals surface area contributed by atoms with Crippen LogP contribution < -0.4 is 10.1 Å². The highest BCUT2D eigenvalue weighted by Crippen LogP contribution is 2.16. The van der Waals surface area contributed by atoms with Gasteiger partial charge in [-0.25, -0.2) is 4.79 Å². The molecule has 0 unspecified atom stereocenters. The summed E-state index contributed by atoms with van der Waals surface area (Å²) in [5, 5.41) is 15.8. The van der Waals surface area contributed by atoms with Crippen molar-refractivity contribution in [1.29, 1.82) is 0 Å². The van der Waals surface area contributed by atoms with Crippen LogP contribution in [-0.2, 0) is 11.8 Å². The molecule has 0 aliphatic carbocycles. The highest BCUT2D eigenvalue weighted by atomic mass is 35.5. The molecule has 0 saturated heterocycles. The van der Waals surface area contributed by atoms with E-state index in [4.69, 9.17) is 21.4 Å². The van der Waals surface area contributed by atoms with Crippen molar-refractivity contribution in [3.05, 3.63) is 41.2 Å². The minimum Gasteiger partial charge on any atom is -0.484 e. The summed E-state index contributed by atoms with van der Waals surface area (Å²) in [7, 11) is 1.48. The van der Waals surface area contributed by atoms with Crippen molar-refractivity contribution in [2.45, 2.75) is 0 Å². The van der Waals surface area contributed by atoms with Crippen molar-refractivity contribution in [2.24, 2.45) is 7.05 Å². The smallest absolute Gasteiger partial charge is 0.356 e. The van der Waals surface area contributed by atoms with Crippen molar-refractivity contribution >= 4 is 29.2 Å². The summed E-state index contributed by atoms with van der Waals surface area (Å²) in [6.45, 7) is -0.254. The van der Waals surface area contributed by atoms with Gasteiger partial charge in [0.1, 0.15) is 5.75 Å². The Bertz CT molecular complexity index is 667. The lowest BCUT2D eigenvalue weighted by Gasteiger charge is -2.07. The van der Waals surface area contributed by atoms with Crippen LogP contribution in [0.5, 0.6) is 5.75 Å².